The van der Waals surface area contributed by atoms with E-state index in [9.17, 15) is 28.0 Å². The lowest BCUT2D eigenvalue weighted by atomic mass is 9.86. The number of hydrogen-bond donors (Lipinski definition) is 0. The molecule has 0 amide bonds. The molecule has 0 aliphatic carbocycles. The van der Waals surface area contributed by atoms with E-state index in [1.807, 2.05) is 0 Å². The van der Waals surface area contributed by atoms with Crippen molar-refractivity contribution >= 4 is 23.1 Å². The smallest absolute Gasteiger partial charge is 0.173 e. The number of benzene rings is 2. The van der Waals surface area contributed by atoms with Crippen molar-refractivity contribution in [1.29, 1.82) is 0 Å². The highest BCUT2D eigenvalue weighted by Gasteiger charge is 2.27. The Bertz CT molecular complexity index is 974. The zero-order chi connectivity index (χ0) is 25.1. The monoisotopic (exact) mass is 456 g/mol. The van der Waals surface area contributed by atoms with Crippen molar-refractivity contribution < 1.29 is 28.0 Å². The summed E-state index contributed by atoms with van der Waals surface area (Å²) in [6.45, 7) is 10.6. The fourth-order valence-electron chi connectivity index (χ4n) is 2.84. The fourth-order valence-corrected chi connectivity index (χ4v) is 2.84. The van der Waals surface area contributed by atoms with Gasteiger partial charge in [0, 0.05) is 23.0 Å². The maximum Gasteiger partial charge on any atom is 0.173 e. The van der Waals surface area contributed by atoms with Gasteiger partial charge in [-0.25, -0.2) is 8.78 Å². The lowest BCUT2D eigenvalue weighted by molar-refractivity contribution is -0.124. The number of Topliss-reactive ketones (excluding diaryl/α,β-unsaturated/α-hetero) is 4. The van der Waals surface area contributed by atoms with Crippen LogP contribution in [0.3, 0.4) is 0 Å². The summed E-state index contributed by atoms with van der Waals surface area (Å²) in [6, 6.07) is 10.5. The number of ketones is 4. The third-order valence-electron chi connectivity index (χ3n) is 4.91. The second-order valence-corrected chi connectivity index (χ2v) is 8.23. The molecule has 2 aromatic rings. The molecule has 0 saturated carbocycles. The summed E-state index contributed by atoms with van der Waals surface area (Å²) in [7, 11) is 0. The molecule has 0 fully saturated rings. The lowest BCUT2D eigenvalue weighted by Crippen LogP contribution is -2.27. The van der Waals surface area contributed by atoms with E-state index in [0.29, 0.717) is 17.5 Å². The zero-order valence-corrected chi connectivity index (χ0v) is 19.4. The van der Waals surface area contributed by atoms with Crippen LogP contribution in [0.2, 0.25) is 0 Å². The van der Waals surface area contributed by atoms with Crippen LogP contribution in [0.25, 0.3) is 0 Å². The van der Waals surface area contributed by atoms with Crippen LogP contribution >= 0.6 is 0 Å². The third kappa shape index (κ3) is 9.00. The van der Waals surface area contributed by atoms with Crippen molar-refractivity contribution in [2.24, 2.45) is 17.8 Å². The molecule has 0 bridgehead atoms. The Balaban J connectivity index is 0.000000335. The van der Waals surface area contributed by atoms with Crippen LogP contribution in [0.5, 0.6) is 0 Å². The molecular formula is C27H30F2O4. The summed E-state index contributed by atoms with van der Waals surface area (Å²) in [6.07, 6.45) is 1.77. The molecule has 2 rings (SSSR count). The molecule has 2 aromatic carbocycles. The highest BCUT2D eigenvalue weighted by molar-refractivity contribution is 6.11. The summed E-state index contributed by atoms with van der Waals surface area (Å²) < 4.78 is 25.4. The minimum absolute atomic E-state index is 0.0932. The average molecular weight is 457 g/mol. The standard InChI is InChI=1S/C15H17FO2.C12H13FO2/c1-4-5-13(14(17)10(2)3)15(18)11-6-8-12(16)9-7-11;1-8(2)11(14)7-12(15)9-3-5-10(13)6-4-9/h4,6-10,13H,1,5H2,2-3H3;3-6,8H,7H2,1-2H3. The van der Waals surface area contributed by atoms with Crippen molar-refractivity contribution in [1.82, 2.24) is 0 Å². The Kier molecular flexibility index (Phi) is 11.2. The quantitative estimate of drug-likeness (QED) is 0.248. The van der Waals surface area contributed by atoms with Gasteiger partial charge in [-0.1, -0.05) is 33.8 Å². The molecule has 33 heavy (non-hydrogen) atoms. The van der Waals surface area contributed by atoms with Crippen molar-refractivity contribution in [3.05, 3.63) is 83.9 Å². The topological polar surface area (TPSA) is 68.3 Å². The Labute approximate surface area is 193 Å². The van der Waals surface area contributed by atoms with Crippen LogP contribution in [0.1, 0.15) is 61.3 Å². The van der Waals surface area contributed by atoms with Gasteiger partial charge in [0.15, 0.2) is 11.6 Å². The molecule has 0 aliphatic heterocycles. The molecule has 0 saturated heterocycles. The second kappa shape index (κ2) is 13.3. The summed E-state index contributed by atoms with van der Waals surface area (Å²) >= 11 is 0. The zero-order valence-electron chi connectivity index (χ0n) is 19.4. The van der Waals surface area contributed by atoms with Gasteiger partial charge >= 0.3 is 0 Å². The number of carbonyl (C=O) groups excluding carboxylic acids is 4. The van der Waals surface area contributed by atoms with Crippen molar-refractivity contribution in [2.75, 3.05) is 0 Å². The molecule has 0 N–H and O–H groups in total. The summed E-state index contributed by atoms with van der Waals surface area (Å²) in [5.74, 6) is -2.58. The van der Waals surface area contributed by atoms with E-state index in [4.69, 9.17) is 0 Å². The van der Waals surface area contributed by atoms with Crippen LogP contribution in [0, 0.1) is 29.4 Å². The van der Waals surface area contributed by atoms with Gasteiger partial charge in [-0.15, -0.1) is 6.58 Å². The van der Waals surface area contributed by atoms with E-state index in [0.717, 1.165) is 0 Å². The van der Waals surface area contributed by atoms with Crippen LogP contribution in [-0.2, 0) is 9.59 Å². The summed E-state index contributed by atoms with van der Waals surface area (Å²) in [5.41, 5.74) is 0.739. The maximum atomic E-state index is 12.8. The molecule has 0 aromatic heterocycles. The van der Waals surface area contributed by atoms with Gasteiger partial charge in [0.1, 0.15) is 23.2 Å². The first-order valence-corrected chi connectivity index (χ1v) is 10.7. The van der Waals surface area contributed by atoms with Gasteiger partial charge in [0.2, 0.25) is 0 Å². The number of allylic oxidation sites excluding steroid dienone is 1. The fraction of sp³-hybridized carbons (Fsp3) is 0.333. The molecule has 176 valence electrons. The minimum atomic E-state index is -0.715. The van der Waals surface area contributed by atoms with Crippen LogP contribution in [-0.4, -0.2) is 23.1 Å². The minimum Gasteiger partial charge on any atom is -0.299 e. The van der Waals surface area contributed by atoms with Crippen molar-refractivity contribution in [2.45, 2.75) is 40.5 Å². The molecule has 1 atom stereocenters. The van der Waals surface area contributed by atoms with Gasteiger partial charge in [0.25, 0.3) is 0 Å². The predicted octanol–water partition coefficient (Wildman–Crippen LogP) is 6.05. The first-order chi connectivity index (χ1) is 15.5. The average Bonchev–Trinajstić information content (AvgIpc) is 2.77. The first-order valence-electron chi connectivity index (χ1n) is 10.7. The Morgan fingerprint density at radius 2 is 1.24 bits per heavy atom. The van der Waals surface area contributed by atoms with Crippen LogP contribution < -0.4 is 0 Å². The summed E-state index contributed by atoms with van der Waals surface area (Å²) in [4.78, 5) is 47.0. The highest BCUT2D eigenvalue weighted by atomic mass is 19.1. The maximum absolute atomic E-state index is 12.8. The van der Waals surface area contributed by atoms with Gasteiger partial charge < -0.3 is 0 Å². The summed E-state index contributed by atoms with van der Waals surface area (Å²) in [5, 5.41) is 0. The molecule has 0 spiro atoms. The van der Waals surface area contributed by atoms with Gasteiger partial charge in [-0.3, -0.25) is 19.2 Å². The molecular weight excluding hydrogens is 426 g/mol. The molecule has 0 radical (unpaired) electrons. The third-order valence-corrected chi connectivity index (χ3v) is 4.91. The van der Waals surface area contributed by atoms with E-state index < -0.39 is 11.7 Å². The molecule has 0 heterocycles. The number of hydrogen-bond acceptors (Lipinski definition) is 4. The second-order valence-electron chi connectivity index (χ2n) is 8.23. The van der Waals surface area contributed by atoms with E-state index >= 15 is 0 Å². The predicted molar refractivity (Wildman–Crippen MR) is 124 cm³/mol. The van der Waals surface area contributed by atoms with Gasteiger partial charge in [0.05, 0.1) is 12.3 Å². The number of carbonyl (C=O) groups is 4. The van der Waals surface area contributed by atoms with Crippen LogP contribution in [0.15, 0.2) is 61.2 Å². The molecule has 6 heteroatoms. The van der Waals surface area contributed by atoms with E-state index in [-0.39, 0.29) is 47.2 Å². The Morgan fingerprint density at radius 3 is 1.64 bits per heavy atom. The lowest BCUT2D eigenvalue weighted by Gasteiger charge is -2.15. The Hall–Kier alpha value is -3.28. The normalized spacial score (nSPS) is 11.4. The Morgan fingerprint density at radius 1 is 0.788 bits per heavy atom. The van der Waals surface area contributed by atoms with E-state index in [1.165, 1.54) is 48.5 Å². The van der Waals surface area contributed by atoms with Gasteiger partial charge in [-0.05, 0) is 55.0 Å². The van der Waals surface area contributed by atoms with Crippen LogP contribution in [0.4, 0.5) is 8.78 Å². The SMILES string of the molecule is C=CCC(C(=O)c1ccc(F)cc1)C(=O)C(C)C.CC(C)C(=O)CC(=O)c1ccc(F)cc1. The first kappa shape index (κ1) is 27.8. The van der Waals surface area contributed by atoms with Crippen molar-refractivity contribution in [3.8, 4) is 0 Å². The van der Waals surface area contributed by atoms with Crippen molar-refractivity contribution in [3.63, 3.8) is 0 Å². The van der Waals surface area contributed by atoms with E-state index in [1.54, 1.807) is 33.8 Å². The largest absolute Gasteiger partial charge is 0.299 e. The van der Waals surface area contributed by atoms with Gasteiger partial charge in [-0.2, -0.15) is 0 Å². The molecule has 4 nitrogen and oxygen atoms in total. The number of rotatable bonds is 10. The molecule has 1 unspecified atom stereocenters. The highest BCUT2D eigenvalue weighted by Crippen LogP contribution is 2.18. The number of halogens is 2. The van der Waals surface area contributed by atoms with E-state index in [2.05, 4.69) is 6.58 Å². The molecule has 0 aliphatic rings.